The Morgan fingerprint density at radius 3 is 1.38 bits per heavy atom. The molecule has 0 aromatic heterocycles. The van der Waals surface area contributed by atoms with Gasteiger partial charge in [0.25, 0.3) is 0 Å². The number of hydrogen-bond donors (Lipinski definition) is 4. The first kappa shape index (κ1) is 20.6. The summed E-state index contributed by atoms with van der Waals surface area (Å²) in [4.78, 5) is 0. The summed E-state index contributed by atoms with van der Waals surface area (Å²) in [5.74, 6) is -0.622. The molecule has 0 amide bonds. The van der Waals surface area contributed by atoms with Crippen LogP contribution >= 0.6 is 24.4 Å². The number of thiocarbonyl (C=S) groups is 2. The summed E-state index contributed by atoms with van der Waals surface area (Å²) in [5.41, 5.74) is 3.85. The molecule has 0 saturated heterocycles. The molecular weight excluding hydrogens is 410 g/mol. The number of anilines is 4. The highest BCUT2D eigenvalue weighted by atomic mass is 32.1. The maximum Gasteiger partial charge on any atom is 0.175 e. The minimum atomic E-state index is -0.311. The average Bonchev–Trinajstić information content (AvgIpc) is 2.68. The third-order valence-corrected chi connectivity index (χ3v) is 4.44. The zero-order valence-electron chi connectivity index (χ0n) is 15.4. The lowest BCUT2D eigenvalue weighted by Gasteiger charge is -2.17. The number of hydrogen-bond acceptors (Lipinski definition) is 2. The molecule has 0 radical (unpaired) electrons. The maximum atomic E-state index is 13.0. The quantitative estimate of drug-likeness (QED) is 0.389. The fraction of sp³-hybridized carbons (Fsp3) is 0.0476. The second-order valence-corrected chi connectivity index (χ2v) is 6.97. The normalized spacial score (nSPS) is 10.2. The first-order chi connectivity index (χ1) is 13.9. The van der Waals surface area contributed by atoms with Crippen molar-refractivity contribution in [1.29, 1.82) is 0 Å². The van der Waals surface area contributed by atoms with Gasteiger partial charge in [0.05, 0.1) is 0 Å². The van der Waals surface area contributed by atoms with E-state index in [-0.39, 0.29) is 11.6 Å². The van der Waals surface area contributed by atoms with Crippen LogP contribution in [0.1, 0.15) is 5.56 Å². The van der Waals surface area contributed by atoms with Crippen molar-refractivity contribution in [1.82, 2.24) is 0 Å². The van der Waals surface area contributed by atoms with Crippen LogP contribution < -0.4 is 21.3 Å². The summed E-state index contributed by atoms with van der Waals surface area (Å²) in [7, 11) is 0. The predicted octanol–water partition coefficient (Wildman–Crippen LogP) is 5.89. The lowest BCUT2D eigenvalue weighted by Crippen LogP contribution is -2.21. The van der Waals surface area contributed by atoms with Gasteiger partial charge in [0.15, 0.2) is 10.2 Å². The standard InChI is InChI=1S/C21H18F2N4S2/c1-13-18(26-20(28)24-16-9-5-14(22)6-10-16)3-2-4-19(13)27-21(29)25-17-11-7-15(23)8-12-17/h2-12H,1H3,(H2,24,26,28)(H2,25,27,29). The molecule has 0 fully saturated rings. The third-order valence-electron chi connectivity index (χ3n) is 4.03. The molecule has 0 aliphatic heterocycles. The molecule has 3 aromatic carbocycles. The van der Waals surface area contributed by atoms with Crippen molar-refractivity contribution >= 4 is 57.4 Å². The molecule has 0 atom stereocenters. The van der Waals surface area contributed by atoms with Crippen molar-refractivity contribution in [3.05, 3.63) is 83.9 Å². The summed E-state index contributed by atoms with van der Waals surface area (Å²) >= 11 is 10.7. The number of rotatable bonds is 4. The van der Waals surface area contributed by atoms with Gasteiger partial charge in [0, 0.05) is 22.7 Å². The molecular formula is C21H18F2N4S2. The summed E-state index contributed by atoms with van der Waals surface area (Å²) in [6.07, 6.45) is 0. The van der Waals surface area contributed by atoms with Crippen LogP contribution in [0.3, 0.4) is 0 Å². The van der Waals surface area contributed by atoms with Gasteiger partial charge in [0.1, 0.15) is 11.6 Å². The van der Waals surface area contributed by atoms with E-state index in [0.717, 1.165) is 16.9 Å². The van der Waals surface area contributed by atoms with Crippen molar-refractivity contribution in [2.24, 2.45) is 0 Å². The second kappa shape index (κ2) is 9.40. The van der Waals surface area contributed by atoms with Crippen LogP contribution in [0, 0.1) is 18.6 Å². The van der Waals surface area contributed by atoms with Gasteiger partial charge in [-0.25, -0.2) is 8.78 Å². The molecule has 148 valence electrons. The van der Waals surface area contributed by atoms with E-state index in [1.807, 2.05) is 25.1 Å². The highest BCUT2D eigenvalue weighted by molar-refractivity contribution is 7.81. The molecule has 0 heterocycles. The Labute approximate surface area is 178 Å². The first-order valence-electron chi connectivity index (χ1n) is 8.67. The van der Waals surface area contributed by atoms with Crippen molar-refractivity contribution in [2.45, 2.75) is 6.92 Å². The van der Waals surface area contributed by atoms with E-state index >= 15 is 0 Å². The van der Waals surface area contributed by atoms with Crippen LogP contribution in [0.25, 0.3) is 0 Å². The molecule has 0 unspecified atom stereocenters. The van der Waals surface area contributed by atoms with Gasteiger partial charge in [-0.05, 0) is 97.6 Å². The van der Waals surface area contributed by atoms with Crippen LogP contribution in [0.4, 0.5) is 31.5 Å². The highest BCUT2D eigenvalue weighted by Crippen LogP contribution is 2.24. The first-order valence-corrected chi connectivity index (χ1v) is 9.49. The van der Waals surface area contributed by atoms with Crippen LogP contribution in [0.5, 0.6) is 0 Å². The van der Waals surface area contributed by atoms with Gasteiger partial charge in [-0.3, -0.25) is 0 Å². The van der Waals surface area contributed by atoms with E-state index in [0.29, 0.717) is 21.6 Å². The molecule has 8 heteroatoms. The van der Waals surface area contributed by atoms with Gasteiger partial charge in [0.2, 0.25) is 0 Å². The Hall–Kier alpha value is -3.10. The summed E-state index contributed by atoms with van der Waals surface area (Å²) in [6, 6.07) is 17.5. The summed E-state index contributed by atoms with van der Waals surface area (Å²) < 4.78 is 26.0. The Kier molecular flexibility index (Phi) is 6.69. The van der Waals surface area contributed by atoms with Crippen molar-refractivity contribution < 1.29 is 8.78 Å². The topological polar surface area (TPSA) is 48.1 Å². The predicted molar refractivity (Wildman–Crippen MR) is 124 cm³/mol. The largest absolute Gasteiger partial charge is 0.332 e. The zero-order valence-corrected chi connectivity index (χ0v) is 17.1. The maximum absolute atomic E-state index is 13.0. The number of halogens is 2. The molecule has 0 saturated carbocycles. The van der Waals surface area contributed by atoms with Crippen LogP contribution in [-0.2, 0) is 0 Å². The molecule has 4 N–H and O–H groups in total. The lowest BCUT2D eigenvalue weighted by atomic mass is 10.1. The smallest absolute Gasteiger partial charge is 0.175 e. The SMILES string of the molecule is Cc1c(NC(=S)Nc2ccc(F)cc2)cccc1NC(=S)Nc1ccc(F)cc1. The van der Waals surface area contributed by atoms with Gasteiger partial charge in [-0.2, -0.15) is 0 Å². The van der Waals surface area contributed by atoms with E-state index in [2.05, 4.69) is 21.3 Å². The fourth-order valence-corrected chi connectivity index (χ4v) is 3.00. The van der Waals surface area contributed by atoms with Gasteiger partial charge >= 0.3 is 0 Å². The van der Waals surface area contributed by atoms with E-state index in [1.165, 1.54) is 24.3 Å². The van der Waals surface area contributed by atoms with E-state index < -0.39 is 0 Å². The minimum absolute atomic E-state index is 0.311. The fourth-order valence-electron chi connectivity index (χ4n) is 2.54. The third kappa shape index (κ3) is 5.94. The van der Waals surface area contributed by atoms with Crippen LogP contribution in [0.2, 0.25) is 0 Å². The van der Waals surface area contributed by atoms with Crippen molar-refractivity contribution in [3.63, 3.8) is 0 Å². The van der Waals surface area contributed by atoms with E-state index in [4.69, 9.17) is 24.4 Å². The number of benzene rings is 3. The number of nitrogens with one attached hydrogen (secondary N) is 4. The van der Waals surface area contributed by atoms with Gasteiger partial charge in [-0.15, -0.1) is 0 Å². The molecule has 0 bridgehead atoms. The summed E-state index contributed by atoms with van der Waals surface area (Å²) in [6.45, 7) is 1.92. The molecule has 0 spiro atoms. The zero-order chi connectivity index (χ0) is 20.8. The Balaban J connectivity index is 1.63. The van der Waals surface area contributed by atoms with Crippen molar-refractivity contribution in [2.75, 3.05) is 21.3 Å². The molecule has 0 aliphatic rings. The molecule has 29 heavy (non-hydrogen) atoms. The Bertz CT molecular complexity index is 942. The van der Waals surface area contributed by atoms with Gasteiger partial charge < -0.3 is 21.3 Å². The molecule has 4 nitrogen and oxygen atoms in total. The van der Waals surface area contributed by atoms with Crippen molar-refractivity contribution in [3.8, 4) is 0 Å². The highest BCUT2D eigenvalue weighted by Gasteiger charge is 2.08. The lowest BCUT2D eigenvalue weighted by molar-refractivity contribution is 0.627. The summed E-state index contributed by atoms with van der Waals surface area (Å²) in [5, 5.41) is 13.0. The molecule has 0 aliphatic carbocycles. The Morgan fingerprint density at radius 1 is 0.621 bits per heavy atom. The van der Waals surface area contributed by atoms with Gasteiger partial charge in [-0.1, -0.05) is 6.07 Å². The second-order valence-electron chi connectivity index (χ2n) is 6.15. The van der Waals surface area contributed by atoms with Crippen LogP contribution in [0.15, 0.2) is 66.7 Å². The van der Waals surface area contributed by atoms with Crippen LogP contribution in [-0.4, -0.2) is 10.2 Å². The van der Waals surface area contributed by atoms with E-state index in [1.54, 1.807) is 24.3 Å². The average molecular weight is 429 g/mol. The Morgan fingerprint density at radius 2 is 1.00 bits per heavy atom. The van der Waals surface area contributed by atoms with E-state index in [9.17, 15) is 8.78 Å². The molecule has 3 aromatic rings. The molecule has 3 rings (SSSR count). The monoisotopic (exact) mass is 428 g/mol. The minimum Gasteiger partial charge on any atom is -0.332 e.